The Kier molecular flexibility index (Phi) is 7.17. The third kappa shape index (κ3) is 5.32. The minimum atomic E-state index is -1.66. The van der Waals surface area contributed by atoms with Crippen molar-refractivity contribution >= 4 is 17.5 Å². The normalized spacial score (nSPS) is 12.0. The lowest BCUT2D eigenvalue weighted by Crippen LogP contribution is -2.46. The Morgan fingerprint density at radius 3 is 2.29 bits per heavy atom. The number of hydrogen-bond acceptors (Lipinski definition) is 3. The number of benzene rings is 2. The average Bonchev–Trinajstić information content (AvgIpc) is 2.68. The fourth-order valence-corrected chi connectivity index (χ4v) is 2.62. The van der Waals surface area contributed by atoms with Crippen LogP contribution in [0, 0.1) is 17.5 Å². The molecule has 0 spiro atoms. The van der Waals surface area contributed by atoms with Crippen LogP contribution in [0.2, 0.25) is 0 Å². The number of amides is 2. The number of likely N-dealkylation sites (N-methyl/N-ethyl adjacent to an activating group) is 2. The van der Waals surface area contributed by atoms with Gasteiger partial charge in [-0.05, 0) is 31.7 Å². The monoisotopic (exact) mass is 393 g/mol. The molecule has 28 heavy (non-hydrogen) atoms. The molecule has 1 N–H and O–H groups in total. The lowest BCUT2D eigenvalue weighted by molar-refractivity contribution is -0.135. The van der Waals surface area contributed by atoms with E-state index in [1.807, 2.05) is 30.3 Å². The summed E-state index contributed by atoms with van der Waals surface area (Å²) in [6, 6.07) is 10.5. The standard InChI is InChI=1S/C20H22F3N3O2/c1-13(20(28)26(3)11-14-7-5-4-6-8-14)25(2)12-17(27)24-16-10-9-15(21)18(22)19(16)23/h4-10,13H,11-12H2,1-3H3,(H,24,27)/t13-/m0/s1. The Hall–Kier alpha value is -2.87. The van der Waals surface area contributed by atoms with Crippen molar-refractivity contribution in [1.29, 1.82) is 0 Å². The summed E-state index contributed by atoms with van der Waals surface area (Å²) in [5.41, 5.74) is 0.511. The molecule has 2 rings (SSSR count). The minimum absolute atomic E-state index is 0.196. The van der Waals surface area contributed by atoms with Gasteiger partial charge in [0, 0.05) is 13.6 Å². The first-order chi connectivity index (χ1) is 13.2. The van der Waals surface area contributed by atoms with Gasteiger partial charge in [-0.3, -0.25) is 14.5 Å². The van der Waals surface area contributed by atoms with Crippen molar-refractivity contribution in [1.82, 2.24) is 9.80 Å². The van der Waals surface area contributed by atoms with Gasteiger partial charge in [0.1, 0.15) is 0 Å². The summed E-state index contributed by atoms with van der Waals surface area (Å²) in [7, 11) is 3.23. The number of carbonyl (C=O) groups is 2. The second kappa shape index (κ2) is 9.36. The van der Waals surface area contributed by atoms with E-state index in [1.165, 1.54) is 4.90 Å². The summed E-state index contributed by atoms with van der Waals surface area (Å²) in [4.78, 5) is 27.7. The van der Waals surface area contributed by atoms with E-state index >= 15 is 0 Å². The van der Waals surface area contributed by atoms with Crippen LogP contribution in [0.1, 0.15) is 12.5 Å². The smallest absolute Gasteiger partial charge is 0.239 e. The van der Waals surface area contributed by atoms with Gasteiger partial charge in [0.05, 0.1) is 18.3 Å². The SMILES string of the molecule is C[C@@H](C(=O)N(C)Cc1ccccc1)N(C)CC(=O)Nc1ccc(F)c(F)c1F. The molecule has 0 aliphatic heterocycles. The van der Waals surface area contributed by atoms with Crippen molar-refractivity contribution in [2.75, 3.05) is 26.0 Å². The molecule has 0 fully saturated rings. The van der Waals surface area contributed by atoms with E-state index in [0.717, 1.165) is 17.7 Å². The van der Waals surface area contributed by atoms with Crippen LogP contribution in [0.4, 0.5) is 18.9 Å². The second-order valence-electron chi connectivity index (χ2n) is 6.54. The maximum absolute atomic E-state index is 13.7. The highest BCUT2D eigenvalue weighted by atomic mass is 19.2. The van der Waals surface area contributed by atoms with Crippen molar-refractivity contribution in [3.8, 4) is 0 Å². The molecule has 2 amide bonds. The zero-order valence-electron chi connectivity index (χ0n) is 15.9. The number of nitrogens with one attached hydrogen (secondary N) is 1. The molecule has 5 nitrogen and oxygen atoms in total. The predicted molar refractivity (Wildman–Crippen MR) is 100.0 cm³/mol. The molecule has 8 heteroatoms. The van der Waals surface area contributed by atoms with E-state index in [9.17, 15) is 22.8 Å². The number of hydrogen-bond donors (Lipinski definition) is 1. The second-order valence-corrected chi connectivity index (χ2v) is 6.54. The lowest BCUT2D eigenvalue weighted by atomic mass is 10.2. The molecular formula is C20H22F3N3O2. The Morgan fingerprint density at radius 1 is 1.00 bits per heavy atom. The van der Waals surface area contributed by atoms with Crippen LogP contribution in [-0.2, 0) is 16.1 Å². The Bertz CT molecular complexity index is 846. The number of nitrogens with zero attached hydrogens (tertiary/aromatic N) is 2. The van der Waals surface area contributed by atoms with E-state index in [0.29, 0.717) is 6.54 Å². The summed E-state index contributed by atoms with van der Waals surface area (Å²) in [5.74, 6) is -5.32. The Labute approximate surface area is 161 Å². The molecule has 0 aromatic heterocycles. The molecule has 0 unspecified atom stereocenters. The number of carbonyl (C=O) groups excluding carboxylic acids is 2. The summed E-state index contributed by atoms with van der Waals surface area (Å²) < 4.78 is 39.9. The number of halogens is 3. The molecule has 0 bridgehead atoms. The predicted octanol–water partition coefficient (Wildman–Crippen LogP) is 3.02. The lowest BCUT2D eigenvalue weighted by Gasteiger charge is -2.28. The molecule has 0 aliphatic rings. The number of anilines is 1. The molecule has 2 aromatic carbocycles. The summed E-state index contributed by atoms with van der Waals surface area (Å²) in [6.45, 7) is 1.84. The topological polar surface area (TPSA) is 52.7 Å². The van der Waals surface area contributed by atoms with Crippen molar-refractivity contribution < 1.29 is 22.8 Å². The van der Waals surface area contributed by atoms with Crippen molar-refractivity contribution in [3.63, 3.8) is 0 Å². The van der Waals surface area contributed by atoms with Gasteiger partial charge in [-0.2, -0.15) is 0 Å². The Morgan fingerprint density at radius 2 is 1.64 bits per heavy atom. The van der Waals surface area contributed by atoms with Gasteiger partial charge in [0.25, 0.3) is 0 Å². The highest BCUT2D eigenvalue weighted by Gasteiger charge is 2.24. The van der Waals surface area contributed by atoms with Gasteiger partial charge in [-0.25, -0.2) is 13.2 Å². The van der Waals surface area contributed by atoms with Crippen molar-refractivity contribution in [2.45, 2.75) is 19.5 Å². The maximum Gasteiger partial charge on any atom is 0.239 e. The zero-order chi connectivity index (χ0) is 20.8. The van der Waals surface area contributed by atoms with Gasteiger partial charge in [-0.1, -0.05) is 30.3 Å². The van der Waals surface area contributed by atoms with Gasteiger partial charge >= 0.3 is 0 Å². The van der Waals surface area contributed by atoms with Gasteiger partial charge in [0.15, 0.2) is 17.5 Å². The fourth-order valence-electron chi connectivity index (χ4n) is 2.62. The van der Waals surface area contributed by atoms with Gasteiger partial charge in [-0.15, -0.1) is 0 Å². The van der Waals surface area contributed by atoms with E-state index < -0.39 is 35.1 Å². The van der Waals surface area contributed by atoms with E-state index in [-0.39, 0.29) is 12.5 Å². The largest absolute Gasteiger partial charge is 0.340 e. The highest BCUT2D eigenvalue weighted by molar-refractivity contribution is 5.93. The maximum atomic E-state index is 13.7. The van der Waals surface area contributed by atoms with Crippen LogP contribution in [0.25, 0.3) is 0 Å². The van der Waals surface area contributed by atoms with E-state index in [1.54, 1.807) is 25.9 Å². The quantitative estimate of drug-likeness (QED) is 0.736. The first kappa shape index (κ1) is 21.4. The third-order valence-corrected chi connectivity index (χ3v) is 4.36. The van der Waals surface area contributed by atoms with Crippen LogP contribution >= 0.6 is 0 Å². The first-order valence-corrected chi connectivity index (χ1v) is 8.63. The van der Waals surface area contributed by atoms with Crippen LogP contribution in [-0.4, -0.2) is 48.3 Å². The van der Waals surface area contributed by atoms with Crippen LogP contribution in [0.15, 0.2) is 42.5 Å². The van der Waals surface area contributed by atoms with Crippen LogP contribution < -0.4 is 5.32 Å². The minimum Gasteiger partial charge on any atom is -0.340 e. The molecule has 0 radical (unpaired) electrons. The number of rotatable bonds is 7. The van der Waals surface area contributed by atoms with Gasteiger partial charge < -0.3 is 10.2 Å². The third-order valence-electron chi connectivity index (χ3n) is 4.36. The van der Waals surface area contributed by atoms with Crippen LogP contribution in [0.3, 0.4) is 0 Å². The molecule has 0 aliphatic carbocycles. The molecule has 0 heterocycles. The van der Waals surface area contributed by atoms with Gasteiger partial charge in [0.2, 0.25) is 11.8 Å². The Balaban J connectivity index is 1.93. The summed E-state index contributed by atoms with van der Waals surface area (Å²) >= 11 is 0. The van der Waals surface area contributed by atoms with E-state index in [2.05, 4.69) is 5.32 Å². The summed E-state index contributed by atoms with van der Waals surface area (Å²) in [6.07, 6.45) is 0. The fraction of sp³-hybridized carbons (Fsp3) is 0.300. The first-order valence-electron chi connectivity index (χ1n) is 8.63. The molecule has 1 atom stereocenters. The van der Waals surface area contributed by atoms with Crippen LogP contribution in [0.5, 0.6) is 0 Å². The van der Waals surface area contributed by atoms with Crippen molar-refractivity contribution in [3.05, 3.63) is 65.5 Å². The molecular weight excluding hydrogens is 371 g/mol. The summed E-state index contributed by atoms with van der Waals surface area (Å²) in [5, 5.41) is 2.18. The zero-order valence-corrected chi connectivity index (χ0v) is 15.9. The molecule has 2 aromatic rings. The molecule has 150 valence electrons. The highest BCUT2D eigenvalue weighted by Crippen LogP contribution is 2.19. The average molecular weight is 393 g/mol. The molecule has 0 saturated heterocycles. The van der Waals surface area contributed by atoms with E-state index in [4.69, 9.17) is 0 Å². The van der Waals surface area contributed by atoms with Crippen molar-refractivity contribution in [2.24, 2.45) is 0 Å². The molecule has 0 saturated carbocycles.